The Labute approximate surface area is 92.3 Å². The lowest BCUT2D eigenvalue weighted by Crippen LogP contribution is -2.03. The molecule has 0 N–H and O–H groups in total. The summed E-state index contributed by atoms with van der Waals surface area (Å²) < 4.78 is 0. The zero-order valence-electron chi connectivity index (χ0n) is 9.75. The predicted molar refractivity (Wildman–Crippen MR) is 66.6 cm³/mol. The molecule has 0 amide bonds. The van der Waals surface area contributed by atoms with Gasteiger partial charge in [0.2, 0.25) is 0 Å². The molecule has 1 aromatic carbocycles. The Balaban J connectivity index is 2.46. The monoisotopic (exact) mass is 198 g/mol. The van der Waals surface area contributed by atoms with Crippen LogP contribution in [0.4, 0.5) is 0 Å². The summed E-state index contributed by atoms with van der Waals surface area (Å²) in [5.41, 5.74) is 5.76. The zero-order valence-corrected chi connectivity index (χ0v) is 9.75. The van der Waals surface area contributed by atoms with E-state index < -0.39 is 0 Å². The molecule has 1 aliphatic rings. The van der Waals surface area contributed by atoms with Crippen molar-refractivity contribution in [2.45, 2.75) is 27.2 Å². The van der Waals surface area contributed by atoms with Crippen molar-refractivity contribution in [3.63, 3.8) is 0 Å². The van der Waals surface area contributed by atoms with Crippen molar-refractivity contribution >= 4 is 5.57 Å². The van der Waals surface area contributed by atoms with E-state index in [4.69, 9.17) is 0 Å². The third kappa shape index (κ3) is 2.04. The molecule has 1 atom stereocenters. The summed E-state index contributed by atoms with van der Waals surface area (Å²) in [5.74, 6) is 0.692. The lowest BCUT2D eigenvalue weighted by atomic mass is 9.83. The van der Waals surface area contributed by atoms with Gasteiger partial charge in [0.25, 0.3) is 0 Å². The van der Waals surface area contributed by atoms with Crippen LogP contribution in [-0.4, -0.2) is 0 Å². The van der Waals surface area contributed by atoms with E-state index in [0.29, 0.717) is 5.92 Å². The van der Waals surface area contributed by atoms with E-state index in [9.17, 15) is 0 Å². The standard InChI is InChI=1S/C15H18/c1-11-9-12(2)15(13(3)10-11)14-7-5-4-6-8-14/h4-9,11H,10H2,1-3H3. The second-order valence-corrected chi connectivity index (χ2v) is 4.55. The van der Waals surface area contributed by atoms with Crippen molar-refractivity contribution in [2.24, 2.45) is 5.92 Å². The van der Waals surface area contributed by atoms with E-state index in [1.165, 1.54) is 28.7 Å². The van der Waals surface area contributed by atoms with Gasteiger partial charge in [0.05, 0.1) is 0 Å². The summed E-state index contributed by atoms with van der Waals surface area (Å²) >= 11 is 0. The molecule has 0 aromatic heterocycles. The quantitative estimate of drug-likeness (QED) is 0.625. The maximum absolute atomic E-state index is 2.38. The molecule has 1 aliphatic carbocycles. The highest BCUT2D eigenvalue weighted by Crippen LogP contribution is 2.34. The molecule has 1 aromatic rings. The minimum atomic E-state index is 0.692. The summed E-state index contributed by atoms with van der Waals surface area (Å²) in [6, 6.07) is 10.7. The van der Waals surface area contributed by atoms with Gasteiger partial charge in [-0.05, 0) is 42.9 Å². The zero-order chi connectivity index (χ0) is 10.8. The topological polar surface area (TPSA) is 0 Å². The third-order valence-electron chi connectivity index (χ3n) is 3.05. The van der Waals surface area contributed by atoms with Gasteiger partial charge < -0.3 is 0 Å². The summed E-state index contributed by atoms with van der Waals surface area (Å²) in [4.78, 5) is 0. The molecule has 0 bridgehead atoms. The number of hydrogen-bond acceptors (Lipinski definition) is 0. The highest BCUT2D eigenvalue weighted by atomic mass is 14.2. The van der Waals surface area contributed by atoms with Gasteiger partial charge in [-0.2, -0.15) is 0 Å². The molecule has 0 heterocycles. The third-order valence-corrected chi connectivity index (χ3v) is 3.05. The van der Waals surface area contributed by atoms with Gasteiger partial charge in [-0.15, -0.1) is 0 Å². The Morgan fingerprint density at radius 3 is 2.33 bits per heavy atom. The number of rotatable bonds is 1. The minimum absolute atomic E-state index is 0.692. The Hall–Kier alpha value is -1.30. The Kier molecular flexibility index (Phi) is 2.77. The molecule has 2 rings (SSSR count). The van der Waals surface area contributed by atoms with Crippen LogP contribution in [0.1, 0.15) is 32.8 Å². The molecule has 0 fully saturated rings. The maximum Gasteiger partial charge on any atom is -0.0168 e. The molecule has 15 heavy (non-hydrogen) atoms. The van der Waals surface area contributed by atoms with Crippen molar-refractivity contribution in [2.75, 3.05) is 0 Å². The van der Waals surface area contributed by atoms with E-state index in [1.54, 1.807) is 0 Å². The van der Waals surface area contributed by atoms with Crippen LogP contribution >= 0.6 is 0 Å². The molecule has 0 aliphatic heterocycles. The van der Waals surface area contributed by atoms with Gasteiger partial charge in [-0.3, -0.25) is 0 Å². The van der Waals surface area contributed by atoms with Crippen LogP contribution in [-0.2, 0) is 0 Å². The van der Waals surface area contributed by atoms with Crippen molar-refractivity contribution in [3.8, 4) is 0 Å². The minimum Gasteiger partial charge on any atom is -0.0778 e. The lowest BCUT2D eigenvalue weighted by molar-refractivity contribution is 0.704. The predicted octanol–water partition coefficient (Wildman–Crippen LogP) is 4.45. The molecule has 0 nitrogen and oxygen atoms in total. The second kappa shape index (κ2) is 4.06. The molecule has 0 spiro atoms. The second-order valence-electron chi connectivity index (χ2n) is 4.55. The molecular formula is C15H18. The van der Waals surface area contributed by atoms with Crippen molar-refractivity contribution in [3.05, 3.63) is 53.1 Å². The molecule has 0 radical (unpaired) electrons. The van der Waals surface area contributed by atoms with Crippen molar-refractivity contribution in [1.82, 2.24) is 0 Å². The fourth-order valence-corrected chi connectivity index (χ4v) is 2.57. The van der Waals surface area contributed by atoms with E-state index in [0.717, 1.165) is 0 Å². The number of allylic oxidation sites excluding steroid dienone is 4. The average molecular weight is 198 g/mol. The van der Waals surface area contributed by atoms with Crippen LogP contribution in [0, 0.1) is 5.92 Å². The first-order valence-corrected chi connectivity index (χ1v) is 5.62. The van der Waals surface area contributed by atoms with E-state index in [1.807, 2.05) is 0 Å². The SMILES string of the molecule is CC1=CC(C)CC(C)=C1c1ccccc1. The van der Waals surface area contributed by atoms with Gasteiger partial charge in [0, 0.05) is 0 Å². The normalized spacial score (nSPS) is 21.5. The van der Waals surface area contributed by atoms with Crippen molar-refractivity contribution < 1.29 is 0 Å². The van der Waals surface area contributed by atoms with Gasteiger partial charge in [0.1, 0.15) is 0 Å². The number of benzene rings is 1. The lowest BCUT2D eigenvalue weighted by Gasteiger charge is -2.22. The molecule has 0 saturated carbocycles. The molecular weight excluding hydrogens is 180 g/mol. The van der Waals surface area contributed by atoms with Crippen LogP contribution in [0.3, 0.4) is 0 Å². The Morgan fingerprint density at radius 2 is 1.73 bits per heavy atom. The Bertz CT molecular complexity index is 407. The Morgan fingerprint density at radius 1 is 1.07 bits per heavy atom. The maximum atomic E-state index is 2.38. The van der Waals surface area contributed by atoms with Crippen LogP contribution in [0.15, 0.2) is 47.6 Å². The highest BCUT2D eigenvalue weighted by molar-refractivity contribution is 5.81. The number of hydrogen-bond donors (Lipinski definition) is 0. The highest BCUT2D eigenvalue weighted by Gasteiger charge is 2.15. The van der Waals surface area contributed by atoms with E-state index in [2.05, 4.69) is 57.2 Å². The van der Waals surface area contributed by atoms with Crippen LogP contribution < -0.4 is 0 Å². The molecule has 78 valence electrons. The van der Waals surface area contributed by atoms with Crippen LogP contribution in [0.2, 0.25) is 0 Å². The van der Waals surface area contributed by atoms with Gasteiger partial charge >= 0.3 is 0 Å². The smallest absolute Gasteiger partial charge is 0.0168 e. The van der Waals surface area contributed by atoms with Gasteiger partial charge in [-0.25, -0.2) is 0 Å². The van der Waals surface area contributed by atoms with E-state index in [-0.39, 0.29) is 0 Å². The first-order chi connectivity index (χ1) is 7.18. The molecule has 0 saturated heterocycles. The van der Waals surface area contributed by atoms with Crippen LogP contribution in [0.5, 0.6) is 0 Å². The molecule has 1 unspecified atom stereocenters. The summed E-state index contributed by atoms with van der Waals surface area (Å²) in [7, 11) is 0. The van der Waals surface area contributed by atoms with Gasteiger partial charge in [-0.1, -0.05) is 48.9 Å². The average Bonchev–Trinajstić information content (AvgIpc) is 2.17. The van der Waals surface area contributed by atoms with Crippen molar-refractivity contribution in [1.29, 1.82) is 0 Å². The summed E-state index contributed by atoms with van der Waals surface area (Å²) in [5, 5.41) is 0. The fourth-order valence-electron chi connectivity index (χ4n) is 2.57. The summed E-state index contributed by atoms with van der Waals surface area (Å²) in [6.45, 7) is 6.77. The largest absolute Gasteiger partial charge is 0.0778 e. The first kappa shape index (κ1) is 10.2. The first-order valence-electron chi connectivity index (χ1n) is 5.62. The van der Waals surface area contributed by atoms with E-state index >= 15 is 0 Å². The summed E-state index contributed by atoms with van der Waals surface area (Å²) in [6.07, 6.45) is 3.58. The fraction of sp³-hybridized carbons (Fsp3) is 0.333. The molecule has 0 heteroatoms. The van der Waals surface area contributed by atoms with Gasteiger partial charge in [0.15, 0.2) is 0 Å². The van der Waals surface area contributed by atoms with Crippen LogP contribution in [0.25, 0.3) is 5.57 Å².